The Kier molecular flexibility index (Phi) is 8.10. The first kappa shape index (κ1) is 33.5. The van der Waals surface area contributed by atoms with E-state index in [1.807, 2.05) is 0 Å². The Morgan fingerprint density at radius 2 is 1.18 bits per heavy atom. The highest BCUT2D eigenvalue weighted by molar-refractivity contribution is 7.50. The van der Waals surface area contributed by atoms with E-state index in [1.54, 1.807) is 7.11 Å². The molecule has 2 aliphatic heterocycles. The van der Waals surface area contributed by atoms with E-state index in [0.29, 0.717) is 0 Å². The molecule has 49 heavy (non-hydrogen) atoms. The second-order valence-electron chi connectivity index (χ2n) is 16.2. The Bertz CT molecular complexity index is 1990. The van der Waals surface area contributed by atoms with Crippen LogP contribution < -0.4 is 14.0 Å². The second kappa shape index (κ2) is 11.8. The van der Waals surface area contributed by atoms with Gasteiger partial charge in [0.2, 0.25) is 0 Å². The third kappa shape index (κ3) is 5.40. The van der Waals surface area contributed by atoms with Crippen LogP contribution in [0.3, 0.4) is 0 Å². The van der Waals surface area contributed by atoms with Gasteiger partial charge in [-0.25, -0.2) is 0 Å². The maximum Gasteiger partial charge on any atom is 0.318 e. The number of hydrogen-bond donors (Lipinski definition) is 0. The number of aromatic nitrogens is 2. The summed E-state index contributed by atoms with van der Waals surface area (Å²) >= 11 is 0. The average molecular weight is 675 g/mol. The number of rotatable bonds is 6. The standard InChI is InChI=1S/C43H51N2O3P/c1-12-30-19-21-34-38(27-17-15-14-16-18-27)35-22-20-31(13-2)45(35)49(44(30)34)48-37-26-29(42(6,7)8)24-33-40(37)47-39-32(43(33,9)10)23-28(41(3,4)5)25-36(39)46-11/h14-26,38H,12-13H2,1-11H3. The molecule has 0 radical (unpaired) electrons. The zero-order chi connectivity index (χ0) is 35.0. The fourth-order valence-corrected chi connectivity index (χ4v) is 9.71. The molecular weight excluding hydrogens is 623 g/mol. The number of ether oxygens (including phenoxy) is 2. The third-order valence-electron chi connectivity index (χ3n) is 10.5. The highest BCUT2D eigenvalue weighted by Crippen LogP contribution is 2.60. The molecule has 2 aromatic heterocycles. The summed E-state index contributed by atoms with van der Waals surface area (Å²) in [7, 11) is 0.391. The molecule has 0 unspecified atom stereocenters. The van der Waals surface area contributed by atoms with Gasteiger partial charge in [0.05, 0.1) is 13.0 Å². The Balaban J connectivity index is 1.46. The van der Waals surface area contributed by atoms with Crippen LogP contribution in [0.25, 0.3) is 0 Å². The summed E-state index contributed by atoms with van der Waals surface area (Å²) in [4.78, 5) is 0. The van der Waals surface area contributed by atoms with Gasteiger partial charge < -0.3 is 14.0 Å². The summed E-state index contributed by atoms with van der Waals surface area (Å²) in [6, 6.07) is 29.1. The van der Waals surface area contributed by atoms with E-state index in [1.165, 1.54) is 39.5 Å². The summed E-state index contributed by atoms with van der Waals surface area (Å²) in [6.07, 6.45) is 1.82. The first-order chi connectivity index (χ1) is 23.2. The van der Waals surface area contributed by atoms with E-state index >= 15 is 0 Å². The zero-order valence-corrected chi connectivity index (χ0v) is 32.0. The fraction of sp³-hybridized carbons (Fsp3) is 0.395. The molecule has 3 aromatic carbocycles. The van der Waals surface area contributed by atoms with E-state index in [9.17, 15) is 0 Å². The largest absolute Gasteiger partial charge is 0.493 e. The van der Waals surface area contributed by atoms with Crippen molar-refractivity contribution in [3.63, 3.8) is 0 Å². The summed E-state index contributed by atoms with van der Waals surface area (Å²) < 4.78 is 25.6. The lowest BCUT2D eigenvalue weighted by molar-refractivity contribution is 0.348. The number of aryl methyl sites for hydroxylation is 2. The predicted octanol–water partition coefficient (Wildman–Crippen LogP) is 11.6. The fourth-order valence-electron chi connectivity index (χ4n) is 7.44. The molecule has 5 nitrogen and oxygen atoms in total. The molecule has 7 rings (SSSR count). The molecule has 0 saturated carbocycles. The second-order valence-corrected chi connectivity index (χ2v) is 17.6. The normalized spacial score (nSPS) is 17.8. The third-order valence-corrected chi connectivity index (χ3v) is 12.5. The van der Waals surface area contributed by atoms with Gasteiger partial charge >= 0.3 is 8.45 Å². The molecule has 0 bridgehead atoms. The minimum atomic E-state index is -1.35. The van der Waals surface area contributed by atoms with Gasteiger partial charge in [-0.2, -0.15) is 0 Å². The Morgan fingerprint density at radius 1 is 0.694 bits per heavy atom. The van der Waals surface area contributed by atoms with Gasteiger partial charge in [-0.05, 0) is 76.8 Å². The van der Waals surface area contributed by atoms with Gasteiger partial charge in [0, 0.05) is 39.3 Å². The summed E-state index contributed by atoms with van der Waals surface area (Å²) in [5.41, 5.74) is 10.6. The number of methoxy groups -OCH3 is 1. The van der Waals surface area contributed by atoms with Crippen molar-refractivity contribution in [2.45, 2.75) is 104 Å². The van der Waals surface area contributed by atoms with Crippen LogP contribution >= 0.6 is 8.45 Å². The average Bonchev–Trinajstić information content (AvgIpc) is 3.69. The smallest absolute Gasteiger partial charge is 0.318 e. The lowest BCUT2D eigenvalue weighted by atomic mass is 9.72. The van der Waals surface area contributed by atoms with Crippen LogP contribution in [0.4, 0.5) is 0 Å². The Hall–Kier alpha value is -3.95. The van der Waals surface area contributed by atoms with Crippen LogP contribution in [0, 0.1) is 0 Å². The van der Waals surface area contributed by atoms with Crippen molar-refractivity contribution in [1.82, 2.24) is 8.68 Å². The van der Waals surface area contributed by atoms with E-state index < -0.39 is 8.45 Å². The van der Waals surface area contributed by atoms with Crippen LogP contribution in [0.5, 0.6) is 23.0 Å². The molecule has 0 aliphatic carbocycles. The molecule has 5 aromatic rings. The highest BCUT2D eigenvalue weighted by atomic mass is 31.2. The molecule has 4 heterocycles. The lowest BCUT2D eigenvalue weighted by Crippen LogP contribution is -2.28. The van der Waals surface area contributed by atoms with Gasteiger partial charge in [-0.1, -0.05) is 112 Å². The van der Waals surface area contributed by atoms with Crippen LogP contribution in [-0.2, 0) is 29.1 Å². The number of fused-ring (bicyclic) bond motifs is 4. The van der Waals surface area contributed by atoms with Crippen molar-refractivity contribution in [2.75, 3.05) is 7.11 Å². The van der Waals surface area contributed by atoms with Gasteiger partial charge in [-0.15, -0.1) is 0 Å². The first-order valence-electron chi connectivity index (χ1n) is 17.7. The quantitative estimate of drug-likeness (QED) is 0.168. The number of nitrogens with zero attached hydrogens (tertiary/aromatic N) is 2. The van der Waals surface area contributed by atoms with E-state index in [-0.39, 0.29) is 22.2 Å². The number of benzene rings is 3. The van der Waals surface area contributed by atoms with Gasteiger partial charge in [0.25, 0.3) is 0 Å². The molecule has 0 fully saturated rings. The highest BCUT2D eigenvalue weighted by Gasteiger charge is 2.43. The zero-order valence-electron chi connectivity index (χ0n) is 31.1. The van der Waals surface area contributed by atoms with E-state index in [0.717, 1.165) is 47.0 Å². The monoisotopic (exact) mass is 674 g/mol. The van der Waals surface area contributed by atoms with Gasteiger partial charge in [0.1, 0.15) is 0 Å². The van der Waals surface area contributed by atoms with Crippen LogP contribution in [-0.4, -0.2) is 15.8 Å². The Labute approximate surface area is 294 Å². The summed E-state index contributed by atoms with van der Waals surface area (Å²) in [5.74, 6) is 3.19. The topological polar surface area (TPSA) is 37.6 Å². The summed E-state index contributed by atoms with van der Waals surface area (Å²) in [6.45, 7) is 22.7. The molecule has 0 N–H and O–H groups in total. The minimum absolute atomic E-state index is 0.0433. The van der Waals surface area contributed by atoms with Crippen molar-refractivity contribution in [3.05, 3.63) is 129 Å². The minimum Gasteiger partial charge on any atom is -0.493 e. The van der Waals surface area contributed by atoms with Crippen LogP contribution in [0.15, 0.2) is 78.9 Å². The van der Waals surface area contributed by atoms with Crippen LogP contribution in [0.2, 0.25) is 0 Å². The number of hydrogen-bond acceptors (Lipinski definition) is 3. The van der Waals surface area contributed by atoms with Crippen LogP contribution in [0.1, 0.15) is 126 Å². The van der Waals surface area contributed by atoms with Gasteiger partial charge in [0.15, 0.2) is 23.0 Å². The lowest BCUT2D eigenvalue weighted by Gasteiger charge is -2.39. The maximum absolute atomic E-state index is 7.51. The molecule has 256 valence electrons. The van der Waals surface area contributed by atoms with Crippen molar-refractivity contribution < 1.29 is 14.0 Å². The molecular formula is C43H51N2O3P. The first-order valence-corrected chi connectivity index (χ1v) is 18.9. The predicted molar refractivity (Wildman–Crippen MR) is 202 cm³/mol. The van der Waals surface area contributed by atoms with E-state index in [4.69, 9.17) is 14.0 Å². The van der Waals surface area contributed by atoms with Crippen molar-refractivity contribution in [2.24, 2.45) is 0 Å². The van der Waals surface area contributed by atoms with E-state index in [2.05, 4.69) is 157 Å². The van der Waals surface area contributed by atoms with Gasteiger partial charge in [-0.3, -0.25) is 8.68 Å². The molecule has 2 aliphatic rings. The maximum atomic E-state index is 7.51. The summed E-state index contributed by atoms with van der Waals surface area (Å²) in [5, 5.41) is 0. The molecule has 0 amide bonds. The molecule has 0 spiro atoms. The molecule has 0 saturated heterocycles. The Morgan fingerprint density at radius 3 is 1.65 bits per heavy atom. The van der Waals surface area contributed by atoms with Crippen molar-refractivity contribution >= 4 is 8.45 Å². The van der Waals surface area contributed by atoms with Crippen molar-refractivity contribution in [1.29, 1.82) is 0 Å². The molecule has 0 atom stereocenters. The van der Waals surface area contributed by atoms with Crippen molar-refractivity contribution in [3.8, 4) is 23.0 Å². The SMILES string of the molecule is CCc1ccc2n1P(Oc1cc(C(C)(C)C)cc3c1Oc1c(OC)cc(C(C)(C)C)cc1C3(C)C)n1c(CC)ccc1C2c1ccccc1. The molecule has 6 heteroatoms.